The van der Waals surface area contributed by atoms with Crippen molar-refractivity contribution in [3.8, 4) is 0 Å². The molecule has 2 rings (SSSR count). The number of nitrogens with zero attached hydrogens (tertiary/aromatic N) is 1. The van der Waals surface area contributed by atoms with Crippen LogP contribution in [0.5, 0.6) is 0 Å². The highest BCUT2D eigenvalue weighted by molar-refractivity contribution is 8.06. The Morgan fingerprint density at radius 3 is 2.67 bits per heavy atom. The van der Waals surface area contributed by atoms with Crippen LogP contribution in [0.4, 0.5) is 0 Å². The van der Waals surface area contributed by atoms with E-state index in [-0.39, 0.29) is 5.41 Å². The van der Waals surface area contributed by atoms with Gasteiger partial charge in [-0.25, -0.2) is 4.98 Å². The molecule has 1 saturated heterocycles. The minimum atomic E-state index is 0.196. The van der Waals surface area contributed by atoms with E-state index in [0.717, 1.165) is 0 Å². The molecule has 0 aliphatic carbocycles. The van der Waals surface area contributed by atoms with Crippen LogP contribution in [0.25, 0.3) is 0 Å². The van der Waals surface area contributed by atoms with E-state index in [4.69, 9.17) is 4.98 Å². The minimum Gasteiger partial charge on any atom is -0.244 e. The van der Waals surface area contributed by atoms with Gasteiger partial charge >= 0.3 is 0 Å². The van der Waals surface area contributed by atoms with Crippen LogP contribution >= 0.6 is 34.9 Å². The van der Waals surface area contributed by atoms with Crippen LogP contribution in [0, 0.1) is 0 Å². The highest BCUT2D eigenvalue weighted by atomic mass is 32.2. The second-order valence-corrected chi connectivity index (χ2v) is 8.11. The lowest BCUT2D eigenvalue weighted by atomic mass is 9.93. The Morgan fingerprint density at radius 1 is 1.33 bits per heavy atom. The molecular formula is C11H17NS3. The van der Waals surface area contributed by atoms with Crippen molar-refractivity contribution in [2.24, 2.45) is 0 Å². The van der Waals surface area contributed by atoms with Crippen molar-refractivity contribution in [3.63, 3.8) is 0 Å². The number of hydrogen-bond donors (Lipinski definition) is 0. The Labute approximate surface area is 104 Å². The fourth-order valence-corrected chi connectivity index (χ4v) is 5.46. The molecule has 1 atom stereocenters. The third kappa shape index (κ3) is 2.92. The number of hydrogen-bond acceptors (Lipinski definition) is 4. The lowest BCUT2D eigenvalue weighted by Gasteiger charge is -2.19. The predicted octanol–water partition coefficient (Wildman–Crippen LogP) is 3.96. The smallest absolute Gasteiger partial charge is 0.107 e. The van der Waals surface area contributed by atoms with Gasteiger partial charge in [-0.3, -0.25) is 0 Å². The monoisotopic (exact) mass is 259 g/mol. The van der Waals surface area contributed by atoms with Gasteiger partial charge in [0.1, 0.15) is 5.01 Å². The van der Waals surface area contributed by atoms with Gasteiger partial charge in [-0.2, -0.15) is 11.8 Å². The molecule has 0 N–H and O–H groups in total. The van der Waals surface area contributed by atoms with Gasteiger partial charge in [0.05, 0.1) is 10.9 Å². The number of aromatic nitrogens is 1. The van der Waals surface area contributed by atoms with Gasteiger partial charge in [-0.05, 0) is 0 Å². The summed E-state index contributed by atoms with van der Waals surface area (Å²) >= 11 is 5.97. The highest BCUT2D eigenvalue weighted by Crippen LogP contribution is 2.39. The van der Waals surface area contributed by atoms with E-state index in [0.29, 0.717) is 5.25 Å². The topological polar surface area (TPSA) is 12.9 Å². The van der Waals surface area contributed by atoms with Gasteiger partial charge in [0, 0.05) is 28.1 Å². The zero-order valence-electron chi connectivity index (χ0n) is 9.45. The number of rotatable bonds is 1. The third-order valence-corrected chi connectivity index (χ3v) is 6.25. The summed E-state index contributed by atoms with van der Waals surface area (Å²) < 4.78 is 0. The number of thioether (sulfide) groups is 2. The highest BCUT2D eigenvalue weighted by Gasteiger charge is 2.23. The fourth-order valence-electron chi connectivity index (χ4n) is 1.41. The molecule has 0 aromatic carbocycles. The van der Waals surface area contributed by atoms with Crippen molar-refractivity contribution >= 4 is 34.9 Å². The summed E-state index contributed by atoms with van der Waals surface area (Å²) in [6.45, 7) is 6.69. The van der Waals surface area contributed by atoms with Crippen molar-refractivity contribution in [1.82, 2.24) is 4.98 Å². The molecule has 0 spiro atoms. The molecule has 84 valence electrons. The first-order valence-corrected chi connectivity index (χ1v) is 8.31. The van der Waals surface area contributed by atoms with Crippen LogP contribution in [-0.4, -0.2) is 22.2 Å². The zero-order valence-corrected chi connectivity index (χ0v) is 11.9. The second-order valence-electron chi connectivity index (χ2n) is 4.76. The largest absolute Gasteiger partial charge is 0.244 e. The third-order valence-electron chi connectivity index (χ3n) is 2.38. The van der Waals surface area contributed by atoms with Gasteiger partial charge in [0.15, 0.2) is 0 Å². The summed E-state index contributed by atoms with van der Waals surface area (Å²) in [6.07, 6.45) is 0. The maximum Gasteiger partial charge on any atom is 0.107 e. The fraction of sp³-hybridized carbons (Fsp3) is 0.727. The predicted molar refractivity (Wildman–Crippen MR) is 73.3 cm³/mol. The van der Waals surface area contributed by atoms with E-state index in [1.54, 1.807) is 0 Å². The lowest BCUT2D eigenvalue weighted by Crippen LogP contribution is -2.12. The molecule has 0 bridgehead atoms. The first kappa shape index (κ1) is 11.8. The molecule has 0 amide bonds. The summed E-state index contributed by atoms with van der Waals surface area (Å²) in [6, 6.07) is 0. The van der Waals surface area contributed by atoms with E-state index in [1.165, 1.54) is 28.0 Å². The van der Waals surface area contributed by atoms with Gasteiger partial charge in [-0.15, -0.1) is 23.1 Å². The molecule has 1 unspecified atom stereocenters. The molecule has 4 heteroatoms. The standard InChI is InChI=1S/C11H17NS3/c1-11(2,3)9-7-15-10(12-9)8-6-13-4-5-14-8/h7-8H,4-6H2,1-3H3. The average Bonchev–Trinajstić information content (AvgIpc) is 2.67. The molecule has 15 heavy (non-hydrogen) atoms. The summed E-state index contributed by atoms with van der Waals surface area (Å²) in [5.41, 5.74) is 1.44. The van der Waals surface area contributed by atoms with E-state index in [9.17, 15) is 0 Å². The molecule has 1 nitrogen and oxygen atoms in total. The maximum atomic E-state index is 4.79. The van der Waals surface area contributed by atoms with Crippen molar-refractivity contribution in [1.29, 1.82) is 0 Å². The first-order valence-electron chi connectivity index (χ1n) is 5.22. The van der Waals surface area contributed by atoms with E-state index < -0.39 is 0 Å². The SMILES string of the molecule is CC(C)(C)c1csc(C2CSCCS2)n1. The van der Waals surface area contributed by atoms with Crippen LogP contribution < -0.4 is 0 Å². The molecule has 1 aromatic rings. The molecular weight excluding hydrogens is 242 g/mol. The summed E-state index contributed by atoms with van der Waals surface area (Å²) in [7, 11) is 0. The lowest BCUT2D eigenvalue weighted by molar-refractivity contribution is 0.571. The maximum absolute atomic E-state index is 4.79. The zero-order chi connectivity index (χ0) is 10.9. The van der Waals surface area contributed by atoms with Gasteiger partial charge in [-0.1, -0.05) is 20.8 Å². The van der Waals surface area contributed by atoms with Crippen molar-refractivity contribution in [2.75, 3.05) is 17.3 Å². The van der Waals surface area contributed by atoms with Crippen LogP contribution in [-0.2, 0) is 5.41 Å². The van der Waals surface area contributed by atoms with Crippen LogP contribution in [0.3, 0.4) is 0 Å². The molecule has 1 aliphatic rings. The molecule has 1 aromatic heterocycles. The van der Waals surface area contributed by atoms with Crippen molar-refractivity contribution in [2.45, 2.75) is 31.4 Å². The minimum absolute atomic E-state index is 0.196. The van der Waals surface area contributed by atoms with Crippen LogP contribution in [0.15, 0.2) is 5.38 Å². The molecule has 1 fully saturated rings. The van der Waals surface area contributed by atoms with Gasteiger partial charge in [0.2, 0.25) is 0 Å². The summed E-state index contributed by atoms with van der Waals surface area (Å²) in [5, 5.41) is 4.21. The summed E-state index contributed by atoms with van der Waals surface area (Å²) in [5.74, 6) is 3.82. The Kier molecular flexibility index (Phi) is 3.68. The molecule has 0 saturated carbocycles. The molecule has 0 radical (unpaired) electrons. The van der Waals surface area contributed by atoms with Gasteiger partial charge < -0.3 is 0 Å². The van der Waals surface area contributed by atoms with Crippen molar-refractivity contribution in [3.05, 3.63) is 16.1 Å². The Balaban J connectivity index is 2.12. The van der Waals surface area contributed by atoms with Crippen LogP contribution in [0.1, 0.15) is 36.7 Å². The van der Waals surface area contributed by atoms with E-state index >= 15 is 0 Å². The van der Waals surface area contributed by atoms with Crippen LogP contribution in [0.2, 0.25) is 0 Å². The first-order chi connectivity index (χ1) is 7.07. The summed E-state index contributed by atoms with van der Waals surface area (Å²) in [4.78, 5) is 4.79. The number of thiazole rings is 1. The van der Waals surface area contributed by atoms with E-state index in [1.807, 2.05) is 11.3 Å². The molecule has 1 aliphatic heterocycles. The normalized spacial score (nSPS) is 23.0. The second kappa shape index (κ2) is 4.68. The Bertz CT molecular complexity index is 321. The average molecular weight is 259 g/mol. The van der Waals surface area contributed by atoms with E-state index in [2.05, 4.69) is 49.7 Å². The van der Waals surface area contributed by atoms with Gasteiger partial charge in [0.25, 0.3) is 0 Å². The Morgan fingerprint density at radius 2 is 2.13 bits per heavy atom. The molecule has 2 heterocycles. The Hall–Kier alpha value is 0.330. The van der Waals surface area contributed by atoms with Crippen molar-refractivity contribution < 1.29 is 0 Å². The quantitative estimate of drug-likeness (QED) is 0.757.